The van der Waals surface area contributed by atoms with E-state index in [0.29, 0.717) is 12.2 Å². The van der Waals surface area contributed by atoms with Gasteiger partial charge in [-0.3, -0.25) is 4.79 Å². The zero-order valence-corrected chi connectivity index (χ0v) is 16.2. The fourth-order valence-electron chi connectivity index (χ4n) is 2.99. The van der Waals surface area contributed by atoms with Gasteiger partial charge in [0.25, 0.3) is 5.91 Å². The number of thiophene rings is 1. The van der Waals surface area contributed by atoms with Crippen molar-refractivity contribution in [3.63, 3.8) is 0 Å². The van der Waals surface area contributed by atoms with Crippen molar-refractivity contribution in [1.82, 2.24) is 9.88 Å². The minimum Gasteiger partial charge on any atom is -0.467 e. The molecule has 0 spiro atoms. The van der Waals surface area contributed by atoms with Gasteiger partial charge in [-0.15, -0.1) is 11.3 Å². The third-order valence-corrected chi connectivity index (χ3v) is 5.25. The smallest absolute Gasteiger partial charge is 0.328 e. The van der Waals surface area contributed by atoms with Crippen molar-refractivity contribution in [2.24, 2.45) is 5.92 Å². The molecule has 1 atom stereocenters. The number of esters is 1. The number of carbonyl (C=O) groups excluding carboxylic acids is 2. The fourth-order valence-corrected chi connectivity index (χ4v) is 3.82. The number of rotatable bonds is 6. The van der Waals surface area contributed by atoms with Crippen LogP contribution in [0.15, 0.2) is 41.8 Å². The highest BCUT2D eigenvalue weighted by molar-refractivity contribution is 7.17. The van der Waals surface area contributed by atoms with Crippen molar-refractivity contribution in [2.45, 2.75) is 26.4 Å². The lowest BCUT2D eigenvalue weighted by molar-refractivity contribution is -0.144. The molecule has 0 aliphatic carbocycles. The van der Waals surface area contributed by atoms with E-state index in [-0.39, 0.29) is 17.6 Å². The van der Waals surface area contributed by atoms with Gasteiger partial charge in [-0.1, -0.05) is 26.0 Å². The monoisotopic (exact) mass is 388 g/mol. The van der Waals surface area contributed by atoms with E-state index in [1.165, 1.54) is 30.6 Å². The number of hydrogen-bond donors (Lipinski definition) is 1. The van der Waals surface area contributed by atoms with E-state index in [9.17, 15) is 14.0 Å². The molecule has 1 amide bonds. The fraction of sp³-hybridized carbons (Fsp3) is 0.300. The summed E-state index contributed by atoms with van der Waals surface area (Å²) in [5.41, 5.74) is 2.07. The molecule has 0 saturated heterocycles. The van der Waals surface area contributed by atoms with E-state index in [0.717, 1.165) is 15.8 Å². The van der Waals surface area contributed by atoms with Crippen LogP contribution in [-0.4, -0.2) is 29.6 Å². The van der Waals surface area contributed by atoms with E-state index < -0.39 is 12.0 Å². The predicted octanol–water partition coefficient (Wildman–Crippen LogP) is 3.82. The number of hydrogen-bond acceptors (Lipinski definition) is 4. The summed E-state index contributed by atoms with van der Waals surface area (Å²) in [5, 5.41) is 4.71. The zero-order chi connectivity index (χ0) is 19.6. The van der Waals surface area contributed by atoms with Crippen molar-refractivity contribution in [3.8, 4) is 0 Å². The standard InChI is InChI=1S/C20H21FN2O3S/c1-12(2)18(20(25)26-3)22-19(24)16-10-17-15(7-8-27-17)23(16)11-13-5-4-6-14(21)9-13/h4-10,12,18H,11H2,1-3H3,(H,22,24). The molecule has 1 unspecified atom stereocenters. The third kappa shape index (κ3) is 4.03. The lowest BCUT2D eigenvalue weighted by atomic mass is 10.0. The van der Waals surface area contributed by atoms with Crippen LogP contribution < -0.4 is 5.32 Å². The second-order valence-corrected chi connectivity index (χ2v) is 7.58. The highest BCUT2D eigenvalue weighted by atomic mass is 32.1. The number of ether oxygens (including phenoxy) is 1. The van der Waals surface area contributed by atoms with E-state index in [1.807, 2.05) is 35.9 Å². The summed E-state index contributed by atoms with van der Waals surface area (Å²) >= 11 is 1.52. The predicted molar refractivity (Wildman–Crippen MR) is 103 cm³/mol. The van der Waals surface area contributed by atoms with Crippen LogP contribution in [0, 0.1) is 11.7 Å². The molecular weight excluding hydrogens is 367 g/mol. The Labute approximate surface area is 160 Å². The minimum absolute atomic E-state index is 0.117. The lowest BCUT2D eigenvalue weighted by Crippen LogP contribution is -2.45. The lowest BCUT2D eigenvalue weighted by Gasteiger charge is -2.20. The Morgan fingerprint density at radius 1 is 1.26 bits per heavy atom. The quantitative estimate of drug-likeness (QED) is 0.653. The van der Waals surface area contributed by atoms with Gasteiger partial charge in [0.15, 0.2) is 0 Å². The molecule has 0 saturated carbocycles. The first-order valence-electron chi connectivity index (χ1n) is 8.60. The summed E-state index contributed by atoms with van der Waals surface area (Å²) < 4.78 is 21.1. The number of halogens is 1. The molecule has 1 N–H and O–H groups in total. The number of nitrogens with zero attached hydrogens (tertiary/aromatic N) is 1. The summed E-state index contributed by atoms with van der Waals surface area (Å²) in [6.45, 7) is 4.03. The largest absolute Gasteiger partial charge is 0.467 e. The summed E-state index contributed by atoms with van der Waals surface area (Å²) in [4.78, 5) is 24.9. The molecule has 2 heterocycles. The number of aromatic nitrogens is 1. The molecule has 7 heteroatoms. The number of methoxy groups -OCH3 is 1. The molecule has 5 nitrogen and oxygen atoms in total. The number of nitrogens with one attached hydrogen (secondary N) is 1. The Balaban J connectivity index is 1.95. The van der Waals surface area contributed by atoms with Crippen LogP contribution in [0.5, 0.6) is 0 Å². The maximum absolute atomic E-state index is 13.6. The van der Waals surface area contributed by atoms with Crippen LogP contribution in [0.3, 0.4) is 0 Å². The van der Waals surface area contributed by atoms with Crippen molar-refractivity contribution < 1.29 is 18.7 Å². The molecule has 0 aliphatic rings. The molecule has 2 aromatic heterocycles. The molecule has 0 radical (unpaired) electrons. The molecule has 0 aliphatic heterocycles. The van der Waals surface area contributed by atoms with Crippen molar-refractivity contribution >= 4 is 33.4 Å². The molecule has 27 heavy (non-hydrogen) atoms. The van der Waals surface area contributed by atoms with E-state index in [4.69, 9.17) is 4.74 Å². The van der Waals surface area contributed by atoms with Crippen LogP contribution in [0.4, 0.5) is 4.39 Å². The summed E-state index contributed by atoms with van der Waals surface area (Å²) in [6.07, 6.45) is 0. The zero-order valence-electron chi connectivity index (χ0n) is 15.4. The molecule has 0 fully saturated rings. The Hall–Kier alpha value is -2.67. The Bertz CT molecular complexity index is 977. The summed E-state index contributed by atoms with van der Waals surface area (Å²) in [6, 6.07) is 9.28. The molecule has 3 aromatic rings. The average molecular weight is 388 g/mol. The molecule has 142 valence electrons. The normalized spacial score (nSPS) is 12.3. The Morgan fingerprint density at radius 2 is 2.04 bits per heavy atom. The van der Waals surface area contributed by atoms with Crippen molar-refractivity contribution in [3.05, 3.63) is 58.9 Å². The van der Waals surface area contributed by atoms with Crippen LogP contribution in [0.25, 0.3) is 10.2 Å². The van der Waals surface area contributed by atoms with Crippen LogP contribution >= 0.6 is 11.3 Å². The van der Waals surface area contributed by atoms with Gasteiger partial charge in [0.2, 0.25) is 0 Å². The van der Waals surface area contributed by atoms with Crippen molar-refractivity contribution in [2.75, 3.05) is 7.11 Å². The van der Waals surface area contributed by atoms with Gasteiger partial charge in [-0.05, 0) is 41.1 Å². The molecule has 1 aromatic carbocycles. The Kier molecular flexibility index (Phi) is 5.60. The SMILES string of the molecule is COC(=O)C(NC(=O)c1cc2sccc2n1Cc1cccc(F)c1)C(C)C. The van der Waals surface area contributed by atoms with E-state index in [1.54, 1.807) is 12.1 Å². The van der Waals surface area contributed by atoms with Gasteiger partial charge < -0.3 is 14.6 Å². The maximum Gasteiger partial charge on any atom is 0.328 e. The number of benzene rings is 1. The first kappa shape index (κ1) is 19.1. The van der Waals surface area contributed by atoms with Gasteiger partial charge in [-0.2, -0.15) is 0 Å². The summed E-state index contributed by atoms with van der Waals surface area (Å²) in [7, 11) is 1.30. The van der Waals surface area contributed by atoms with Gasteiger partial charge in [0.1, 0.15) is 17.6 Å². The van der Waals surface area contributed by atoms with E-state index in [2.05, 4.69) is 5.32 Å². The topological polar surface area (TPSA) is 60.3 Å². The van der Waals surface area contributed by atoms with Crippen LogP contribution in [-0.2, 0) is 16.1 Å². The van der Waals surface area contributed by atoms with Crippen LogP contribution in [0.1, 0.15) is 29.9 Å². The number of carbonyl (C=O) groups is 2. The third-order valence-electron chi connectivity index (χ3n) is 4.39. The average Bonchev–Trinajstić information content (AvgIpc) is 3.21. The maximum atomic E-state index is 13.6. The second-order valence-electron chi connectivity index (χ2n) is 6.63. The highest BCUT2D eigenvalue weighted by Gasteiger charge is 2.27. The van der Waals surface area contributed by atoms with Gasteiger partial charge in [0, 0.05) is 6.54 Å². The highest BCUT2D eigenvalue weighted by Crippen LogP contribution is 2.26. The first-order chi connectivity index (χ1) is 12.9. The minimum atomic E-state index is -0.738. The number of amides is 1. The van der Waals surface area contributed by atoms with Crippen molar-refractivity contribution in [1.29, 1.82) is 0 Å². The van der Waals surface area contributed by atoms with Gasteiger partial charge >= 0.3 is 5.97 Å². The van der Waals surface area contributed by atoms with Gasteiger partial charge in [-0.25, -0.2) is 9.18 Å². The Morgan fingerprint density at radius 3 is 2.70 bits per heavy atom. The summed E-state index contributed by atoms with van der Waals surface area (Å²) in [5.74, 6) is -1.28. The first-order valence-corrected chi connectivity index (χ1v) is 9.48. The van der Waals surface area contributed by atoms with Gasteiger partial charge in [0.05, 0.1) is 17.3 Å². The number of fused-ring (bicyclic) bond motifs is 1. The molecule has 0 bridgehead atoms. The van der Waals surface area contributed by atoms with Crippen LogP contribution in [0.2, 0.25) is 0 Å². The van der Waals surface area contributed by atoms with E-state index >= 15 is 0 Å². The molecular formula is C20H21FN2O3S. The second kappa shape index (κ2) is 7.92. The molecule has 3 rings (SSSR count).